The Kier molecular flexibility index (Phi) is 4.40. The highest BCUT2D eigenvalue weighted by Gasteiger charge is 2.39. The zero-order valence-corrected chi connectivity index (χ0v) is 6.74. The molecule has 0 fully saturated rings. The summed E-state index contributed by atoms with van der Waals surface area (Å²) in [5.41, 5.74) is 2.19. The van der Waals surface area contributed by atoms with E-state index >= 15 is 0 Å². The standard InChI is InChI=1S/C6H13NO6/c7-6(13,2-9)5(12)4(11)3(10)1-8/h2-5,8,10-13H,1,7H2/t3-,4-,5+,6+/m1/s1. The van der Waals surface area contributed by atoms with Gasteiger partial charge in [0.1, 0.15) is 18.3 Å². The van der Waals surface area contributed by atoms with Crippen LogP contribution in [0.3, 0.4) is 0 Å². The predicted molar refractivity (Wildman–Crippen MR) is 40.3 cm³/mol. The van der Waals surface area contributed by atoms with Crippen molar-refractivity contribution in [2.75, 3.05) is 6.61 Å². The molecule has 78 valence electrons. The number of aldehydes is 1. The third-order valence-corrected chi connectivity index (χ3v) is 1.57. The summed E-state index contributed by atoms with van der Waals surface area (Å²) in [7, 11) is 0. The molecule has 4 atom stereocenters. The van der Waals surface area contributed by atoms with Crippen molar-refractivity contribution in [2.45, 2.75) is 24.0 Å². The van der Waals surface area contributed by atoms with E-state index in [0.29, 0.717) is 0 Å². The molecule has 7 N–H and O–H groups in total. The van der Waals surface area contributed by atoms with Crippen LogP contribution in [0.25, 0.3) is 0 Å². The van der Waals surface area contributed by atoms with Crippen LogP contribution >= 0.6 is 0 Å². The van der Waals surface area contributed by atoms with Gasteiger partial charge in [-0.25, -0.2) is 0 Å². The van der Waals surface area contributed by atoms with Crippen LogP contribution in [0.15, 0.2) is 0 Å². The van der Waals surface area contributed by atoms with Gasteiger partial charge in [0.15, 0.2) is 12.0 Å². The third kappa shape index (κ3) is 2.99. The summed E-state index contributed by atoms with van der Waals surface area (Å²) < 4.78 is 0. The van der Waals surface area contributed by atoms with Crippen molar-refractivity contribution in [3.8, 4) is 0 Å². The number of aliphatic hydroxyl groups excluding tert-OH is 4. The van der Waals surface area contributed by atoms with Crippen molar-refractivity contribution < 1.29 is 30.3 Å². The van der Waals surface area contributed by atoms with E-state index in [1.54, 1.807) is 0 Å². The molecule has 0 heterocycles. The molecule has 0 aliphatic rings. The van der Waals surface area contributed by atoms with Gasteiger partial charge in [-0.3, -0.25) is 10.5 Å². The highest BCUT2D eigenvalue weighted by atomic mass is 16.4. The molecule has 0 aromatic heterocycles. The number of nitrogens with two attached hydrogens (primary N) is 1. The number of hydrogen-bond donors (Lipinski definition) is 6. The van der Waals surface area contributed by atoms with Crippen molar-refractivity contribution in [1.82, 2.24) is 0 Å². The lowest BCUT2D eigenvalue weighted by atomic mass is 10.00. The molecular weight excluding hydrogens is 182 g/mol. The zero-order chi connectivity index (χ0) is 10.6. The Morgan fingerprint density at radius 3 is 2.15 bits per heavy atom. The molecule has 0 unspecified atom stereocenters. The molecule has 0 saturated carbocycles. The Morgan fingerprint density at radius 1 is 1.38 bits per heavy atom. The second-order valence-electron chi connectivity index (χ2n) is 2.69. The number of hydrogen-bond acceptors (Lipinski definition) is 7. The molecule has 0 bridgehead atoms. The second kappa shape index (κ2) is 4.61. The van der Waals surface area contributed by atoms with E-state index in [4.69, 9.17) is 31.3 Å². The molecule has 0 aliphatic heterocycles. The van der Waals surface area contributed by atoms with Gasteiger partial charge in [0.2, 0.25) is 0 Å². The van der Waals surface area contributed by atoms with Gasteiger partial charge in [0.05, 0.1) is 6.61 Å². The second-order valence-corrected chi connectivity index (χ2v) is 2.69. The molecular formula is C6H13NO6. The summed E-state index contributed by atoms with van der Waals surface area (Å²) in [5, 5.41) is 44.1. The van der Waals surface area contributed by atoms with E-state index in [-0.39, 0.29) is 6.29 Å². The average molecular weight is 195 g/mol. The van der Waals surface area contributed by atoms with Gasteiger partial charge in [0.25, 0.3) is 0 Å². The monoisotopic (exact) mass is 195 g/mol. The van der Waals surface area contributed by atoms with E-state index < -0.39 is 30.6 Å². The fourth-order valence-electron chi connectivity index (χ4n) is 0.662. The van der Waals surface area contributed by atoms with Gasteiger partial charge >= 0.3 is 0 Å². The van der Waals surface area contributed by atoms with Crippen LogP contribution in [0.2, 0.25) is 0 Å². The number of aliphatic hydroxyl groups is 5. The molecule has 0 saturated heterocycles. The Morgan fingerprint density at radius 2 is 1.85 bits per heavy atom. The topological polar surface area (TPSA) is 144 Å². The fourth-order valence-corrected chi connectivity index (χ4v) is 0.662. The lowest BCUT2D eigenvalue weighted by Gasteiger charge is -2.28. The number of carbonyl (C=O) groups excluding carboxylic acids is 1. The van der Waals surface area contributed by atoms with Crippen LogP contribution in [0, 0.1) is 0 Å². The number of rotatable bonds is 5. The van der Waals surface area contributed by atoms with Gasteiger partial charge in [-0.2, -0.15) is 0 Å². The molecule has 0 amide bonds. The Labute approximate surface area is 74.0 Å². The zero-order valence-electron chi connectivity index (χ0n) is 6.74. The SMILES string of the molecule is N[C@](O)(C=O)[C@@H](O)[C@H](O)[C@H](O)CO. The summed E-state index contributed by atoms with van der Waals surface area (Å²) >= 11 is 0. The summed E-state index contributed by atoms with van der Waals surface area (Å²) in [4.78, 5) is 10.1. The van der Waals surface area contributed by atoms with Crippen LogP contribution in [-0.4, -0.2) is 62.5 Å². The van der Waals surface area contributed by atoms with E-state index in [1.807, 2.05) is 0 Å². The minimum Gasteiger partial charge on any atom is -0.394 e. The predicted octanol–water partition coefficient (Wildman–Crippen LogP) is -4.09. The highest BCUT2D eigenvalue weighted by Crippen LogP contribution is 2.08. The molecule has 0 rings (SSSR count). The average Bonchev–Trinajstić information content (AvgIpc) is 2.14. The third-order valence-electron chi connectivity index (χ3n) is 1.57. The molecule has 0 spiro atoms. The smallest absolute Gasteiger partial charge is 0.199 e. The maximum absolute atomic E-state index is 10.1. The molecule has 0 aliphatic carbocycles. The molecule has 7 nitrogen and oxygen atoms in total. The van der Waals surface area contributed by atoms with E-state index in [2.05, 4.69) is 0 Å². The summed E-state index contributed by atoms with van der Waals surface area (Å²) in [6.07, 6.45) is -5.81. The Balaban J connectivity index is 4.40. The lowest BCUT2D eigenvalue weighted by Crippen LogP contribution is -2.60. The van der Waals surface area contributed by atoms with Crippen LogP contribution < -0.4 is 5.73 Å². The largest absolute Gasteiger partial charge is 0.394 e. The molecule has 7 heteroatoms. The van der Waals surface area contributed by atoms with Gasteiger partial charge < -0.3 is 25.5 Å². The van der Waals surface area contributed by atoms with E-state index in [9.17, 15) is 4.79 Å². The van der Waals surface area contributed by atoms with Crippen LogP contribution in [0.1, 0.15) is 0 Å². The first kappa shape index (κ1) is 12.4. The van der Waals surface area contributed by atoms with Crippen LogP contribution in [0.4, 0.5) is 0 Å². The fraction of sp³-hybridized carbons (Fsp3) is 0.833. The highest BCUT2D eigenvalue weighted by molar-refractivity contribution is 5.62. The summed E-state index contributed by atoms with van der Waals surface area (Å²) in [6, 6.07) is 0. The normalized spacial score (nSPS) is 22.9. The molecule has 0 radical (unpaired) electrons. The number of carbonyl (C=O) groups is 1. The van der Waals surface area contributed by atoms with Gasteiger partial charge in [-0.1, -0.05) is 0 Å². The first-order valence-corrected chi connectivity index (χ1v) is 3.49. The Hall–Kier alpha value is -0.570. The van der Waals surface area contributed by atoms with Crippen molar-refractivity contribution in [3.63, 3.8) is 0 Å². The van der Waals surface area contributed by atoms with Gasteiger partial charge in [0, 0.05) is 0 Å². The molecule has 13 heavy (non-hydrogen) atoms. The quantitative estimate of drug-likeness (QED) is 0.193. The van der Waals surface area contributed by atoms with Crippen molar-refractivity contribution in [1.29, 1.82) is 0 Å². The first-order valence-electron chi connectivity index (χ1n) is 3.49. The summed E-state index contributed by atoms with van der Waals surface area (Å²) in [5.74, 6) is 0. The maximum Gasteiger partial charge on any atom is 0.199 e. The summed E-state index contributed by atoms with van der Waals surface area (Å²) in [6.45, 7) is -0.826. The lowest BCUT2D eigenvalue weighted by molar-refractivity contribution is -0.163. The van der Waals surface area contributed by atoms with Crippen molar-refractivity contribution in [2.24, 2.45) is 5.73 Å². The Bertz CT molecular complexity index is 173. The van der Waals surface area contributed by atoms with E-state index in [1.165, 1.54) is 0 Å². The molecule has 0 aromatic rings. The van der Waals surface area contributed by atoms with E-state index in [0.717, 1.165) is 0 Å². The van der Waals surface area contributed by atoms with Gasteiger partial charge in [-0.05, 0) is 0 Å². The van der Waals surface area contributed by atoms with Crippen LogP contribution in [0.5, 0.6) is 0 Å². The van der Waals surface area contributed by atoms with Crippen molar-refractivity contribution in [3.05, 3.63) is 0 Å². The minimum atomic E-state index is -2.64. The first-order chi connectivity index (χ1) is 5.86. The van der Waals surface area contributed by atoms with Crippen LogP contribution in [-0.2, 0) is 4.79 Å². The maximum atomic E-state index is 10.1. The minimum absolute atomic E-state index is 0.176. The molecule has 0 aromatic carbocycles. The van der Waals surface area contributed by atoms with Gasteiger partial charge in [-0.15, -0.1) is 0 Å². The van der Waals surface area contributed by atoms with Crippen molar-refractivity contribution >= 4 is 6.29 Å².